The van der Waals surface area contributed by atoms with Crippen LogP contribution in [0.3, 0.4) is 0 Å². The Kier molecular flexibility index (Phi) is 8.28. The van der Waals surface area contributed by atoms with Crippen molar-refractivity contribution in [3.63, 3.8) is 0 Å². The van der Waals surface area contributed by atoms with Crippen molar-refractivity contribution in [3.05, 3.63) is 0 Å². The van der Waals surface area contributed by atoms with E-state index in [9.17, 15) is 35.1 Å². The molecule has 0 aromatic carbocycles. The molecule has 2 aliphatic heterocycles. The Balaban J connectivity index is 2.30. The molecule has 0 spiro atoms. The van der Waals surface area contributed by atoms with Gasteiger partial charge in [0, 0.05) is 21.1 Å². The Hall–Kier alpha value is -1.42. The Morgan fingerprint density at radius 2 is 1.62 bits per heavy atom. The van der Waals surface area contributed by atoms with Crippen LogP contribution in [0.2, 0.25) is 0 Å². The third-order valence-electron chi connectivity index (χ3n) is 4.81. The fourth-order valence-electron chi connectivity index (χ4n) is 3.39. The van der Waals surface area contributed by atoms with Crippen molar-refractivity contribution in [2.75, 3.05) is 20.8 Å². The summed E-state index contributed by atoms with van der Waals surface area (Å²) in [6, 6.07) is -1.10. The van der Waals surface area contributed by atoms with Gasteiger partial charge in [-0.3, -0.25) is 4.79 Å². The van der Waals surface area contributed by atoms with Gasteiger partial charge in [0.15, 0.2) is 18.7 Å². The van der Waals surface area contributed by atoms with Gasteiger partial charge < -0.3 is 54.5 Å². The van der Waals surface area contributed by atoms with E-state index in [4.69, 9.17) is 23.7 Å². The van der Waals surface area contributed by atoms with E-state index in [0.29, 0.717) is 0 Å². The summed E-state index contributed by atoms with van der Waals surface area (Å²) in [4.78, 5) is 23.0. The zero-order valence-corrected chi connectivity index (χ0v) is 16.1. The highest BCUT2D eigenvalue weighted by molar-refractivity contribution is 5.73. The molecule has 0 aliphatic carbocycles. The second kappa shape index (κ2) is 10.1. The molecule has 168 valence electrons. The van der Waals surface area contributed by atoms with Crippen LogP contribution in [0.1, 0.15) is 6.92 Å². The number of nitrogens with one attached hydrogen (secondary N) is 1. The predicted molar refractivity (Wildman–Crippen MR) is 90.3 cm³/mol. The van der Waals surface area contributed by atoms with Crippen molar-refractivity contribution in [2.45, 2.75) is 68.3 Å². The third-order valence-corrected chi connectivity index (χ3v) is 4.81. The summed E-state index contributed by atoms with van der Waals surface area (Å²) >= 11 is 0. The molecule has 0 saturated carbocycles. The van der Waals surface area contributed by atoms with Crippen LogP contribution >= 0.6 is 0 Å². The maximum absolute atomic E-state index is 11.6. The SMILES string of the molecule is CO[C@@H]1OC(CO)[C@@H](O)C(O[C@@H]2OC(C(=O)O)[C@@H](OC)C(O)C2O)C1NC(C)=O. The molecule has 0 aromatic rings. The zero-order chi connectivity index (χ0) is 21.9. The fourth-order valence-corrected chi connectivity index (χ4v) is 3.39. The summed E-state index contributed by atoms with van der Waals surface area (Å²) in [5.41, 5.74) is 0. The minimum Gasteiger partial charge on any atom is -0.479 e. The highest BCUT2D eigenvalue weighted by Gasteiger charge is 2.53. The molecule has 0 bridgehead atoms. The second-order valence-electron chi connectivity index (χ2n) is 6.72. The average Bonchev–Trinajstić information content (AvgIpc) is 2.67. The number of rotatable bonds is 7. The molecule has 2 saturated heterocycles. The lowest BCUT2D eigenvalue weighted by Gasteiger charge is -2.47. The van der Waals surface area contributed by atoms with E-state index in [-0.39, 0.29) is 0 Å². The first-order valence-corrected chi connectivity index (χ1v) is 8.83. The highest BCUT2D eigenvalue weighted by atomic mass is 16.7. The van der Waals surface area contributed by atoms with Gasteiger partial charge in [-0.05, 0) is 0 Å². The van der Waals surface area contributed by atoms with Crippen LogP contribution in [0.4, 0.5) is 0 Å². The number of hydrogen-bond acceptors (Lipinski definition) is 11. The van der Waals surface area contributed by atoms with Crippen molar-refractivity contribution in [3.8, 4) is 0 Å². The lowest BCUT2D eigenvalue weighted by atomic mass is 9.95. The number of aliphatic hydroxyl groups excluding tert-OH is 4. The number of aliphatic hydroxyl groups is 4. The number of carboxylic acids is 1. The third kappa shape index (κ3) is 5.02. The first-order chi connectivity index (χ1) is 13.7. The lowest BCUT2D eigenvalue weighted by molar-refractivity contribution is -0.339. The van der Waals surface area contributed by atoms with Crippen molar-refractivity contribution >= 4 is 11.9 Å². The van der Waals surface area contributed by atoms with Crippen LogP contribution in [-0.4, -0.2) is 120 Å². The first kappa shape index (κ1) is 23.9. The number of carbonyl (C=O) groups excluding carboxylic acids is 1. The number of carbonyl (C=O) groups is 2. The van der Waals surface area contributed by atoms with Crippen molar-refractivity contribution in [1.29, 1.82) is 0 Å². The molecular formula is C16H27NO12. The van der Waals surface area contributed by atoms with Gasteiger partial charge in [0.25, 0.3) is 0 Å². The van der Waals surface area contributed by atoms with E-state index in [2.05, 4.69) is 5.32 Å². The molecule has 0 radical (unpaired) electrons. The maximum Gasteiger partial charge on any atom is 0.335 e. The summed E-state index contributed by atoms with van der Waals surface area (Å²) in [5, 5.41) is 52.3. The van der Waals surface area contributed by atoms with E-state index in [1.807, 2.05) is 0 Å². The van der Waals surface area contributed by atoms with Crippen LogP contribution in [0, 0.1) is 0 Å². The standard InChI is InChI=1S/C16H27NO12/c1-5(19)17-7-11(8(20)6(4-18)27-15(7)26-3)28-16-10(22)9(21)12(25-2)13(29-16)14(23)24/h6-13,15-16,18,20-22H,4H2,1-3H3,(H,17,19)(H,23,24)/t6?,7?,8-,9?,10?,11?,12+,13?,15-,16-/m1/s1. The van der Waals surface area contributed by atoms with Gasteiger partial charge >= 0.3 is 5.97 Å². The molecule has 6 unspecified atom stereocenters. The molecule has 1 amide bonds. The summed E-state index contributed by atoms with van der Waals surface area (Å²) < 4.78 is 26.3. The summed E-state index contributed by atoms with van der Waals surface area (Å²) in [5.74, 6) is -1.98. The molecule has 13 heteroatoms. The summed E-state index contributed by atoms with van der Waals surface area (Å²) in [7, 11) is 2.41. The molecular weight excluding hydrogens is 398 g/mol. The molecule has 13 nitrogen and oxygen atoms in total. The molecule has 0 aromatic heterocycles. The fraction of sp³-hybridized carbons (Fsp3) is 0.875. The minimum atomic E-state index is -1.74. The van der Waals surface area contributed by atoms with E-state index in [1.165, 1.54) is 14.0 Å². The second-order valence-corrected chi connectivity index (χ2v) is 6.72. The molecule has 2 fully saturated rings. The minimum absolute atomic E-state index is 0.517. The van der Waals surface area contributed by atoms with E-state index < -0.39 is 79.8 Å². The molecule has 2 rings (SSSR count). The number of aliphatic carboxylic acids is 1. The van der Waals surface area contributed by atoms with Crippen LogP contribution in [-0.2, 0) is 33.3 Å². The Morgan fingerprint density at radius 3 is 2.10 bits per heavy atom. The molecule has 2 aliphatic rings. The smallest absolute Gasteiger partial charge is 0.335 e. The normalized spacial score (nSPS) is 43.0. The molecule has 6 N–H and O–H groups in total. The zero-order valence-electron chi connectivity index (χ0n) is 16.1. The molecule has 29 heavy (non-hydrogen) atoms. The topological polar surface area (TPSA) is 193 Å². The van der Waals surface area contributed by atoms with E-state index in [0.717, 1.165) is 7.11 Å². The predicted octanol–water partition coefficient (Wildman–Crippen LogP) is -3.85. The quantitative estimate of drug-likeness (QED) is 0.233. The van der Waals surface area contributed by atoms with Gasteiger partial charge in [-0.1, -0.05) is 0 Å². The van der Waals surface area contributed by atoms with Gasteiger partial charge in [-0.2, -0.15) is 0 Å². The van der Waals surface area contributed by atoms with Crippen molar-refractivity contribution in [2.24, 2.45) is 0 Å². The number of carboxylic acid groups (broad SMARTS) is 1. The Morgan fingerprint density at radius 1 is 0.966 bits per heavy atom. The number of ether oxygens (including phenoxy) is 5. The van der Waals surface area contributed by atoms with Crippen molar-refractivity contribution < 1.29 is 58.8 Å². The van der Waals surface area contributed by atoms with Crippen LogP contribution < -0.4 is 5.32 Å². The van der Waals surface area contributed by atoms with Gasteiger partial charge in [0.1, 0.15) is 42.7 Å². The van der Waals surface area contributed by atoms with Crippen molar-refractivity contribution in [1.82, 2.24) is 5.32 Å². The van der Waals surface area contributed by atoms with Crippen LogP contribution in [0.5, 0.6) is 0 Å². The number of amides is 1. The highest BCUT2D eigenvalue weighted by Crippen LogP contribution is 2.30. The van der Waals surface area contributed by atoms with Gasteiger partial charge in [-0.15, -0.1) is 0 Å². The lowest BCUT2D eigenvalue weighted by Crippen LogP contribution is -2.68. The monoisotopic (exact) mass is 425 g/mol. The van der Waals surface area contributed by atoms with Gasteiger partial charge in [0.05, 0.1) is 6.61 Å². The van der Waals surface area contributed by atoms with E-state index >= 15 is 0 Å². The average molecular weight is 425 g/mol. The number of hydrogen-bond donors (Lipinski definition) is 6. The summed E-state index contributed by atoms with van der Waals surface area (Å²) in [6.07, 6.45) is -13.3. The Labute approximate surface area is 166 Å². The van der Waals surface area contributed by atoms with Crippen LogP contribution in [0.15, 0.2) is 0 Å². The number of methoxy groups -OCH3 is 2. The summed E-state index contributed by atoms with van der Waals surface area (Å²) in [6.45, 7) is 0.585. The maximum atomic E-state index is 11.6. The Bertz CT molecular complexity index is 576. The first-order valence-electron chi connectivity index (χ1n) is 8.83. The van der Waals surface area contributed by atoms with Gasteiger partial charge in [-0.25, -0.2) is 4.79 Å². The largest absolute Gasteiger partial charge is 0.479 e. The van der Waals surface area contributed by atoms with E-state index in [1.54, 1.807) is 0 Å². The van der Waals surface area contributed by atoms with Crippen LogP contribution in [0.25, 0.3) is 0 Å². The van der Waals surface area contributed by atoms with Gasteiger partial charge in [0.2, 0.25) is 5.91 Å². The molecule has 10 atom stereocenters. The molecule has 2 heterocycles.